The van der Waals surface area contributed by atoms with Crippen LogP contribution < -0.4 is 16.0 Å². The molecule has 0 spiro atoms. The van der Waals surface area contributed by atoms with Crippen molar-refractivity contribution >= 4 is 23.0 Å². The van der Waals surface area contributed by atoms with Crippen LogP contribution in [0.1, 0.15) is 18.9 Å². The van der Waals surface area contributed by atoms with Crippen molar-refractivity contribution in [3.05, 3.63) is 17.7 Å². The number of hydrogen-bond acceptors (Lipinski definition) is 4. The molecule has 1 atom stereocenters. The standard InChI is InChI=1S/C14H19N3O2/c1-9-8-17(4-5-19-9)13-6-10-2-3-14(18)16-12(10)7-11(13)15/h6-7,9H,2-5,8,15H2,1H3,(H,16,18). The molecule has 2 heterocycles. The van der Waals surface area contributed by atoms with Gasteiger partial charge in [0.15, 0.2) is 0 Å². The van der Waals surface area contributed by atoms with Crippen molar-refractivity contribution in [2.75, 3.05) is 35.6 Å². The van der Waals surface area contributed by atoms with E-state index in [0.29, 0.717) is 6.42 Å². The summed E-state index contributed by atoms with van der Waals surface area (Å²) in [6.45, 7) is 4.52. The Kier molecular flexibility index (Phi) is 3.06. The summed E-state index contributed by atoms with van der Waals surface area (Å²) >= 11 is 0. The highest BCUT2D eigenvalue weighted by atomic mass is 16.5. The molecule has 1 aromatic rings. The first kappa shape index (κ1) is 12.3. The number of rotatable bonds is 1. The van der Waals surface area contributed by atoms with E-state index in [1.807, 2.05) is 6.07 Å². The van der Waals surface area contributed by atoms with Gasteiger partial charge in [-0.1, -0.05) is 0 Å². The Morgan fingerprint density at radius 1 is 1.42 bits per heavy atom. The van der Waals surface area contributed by atoms with E-state index in [2.05, 4.69) is 23.2 Å². The minimum atomic E-state index is 0.0691. The molecule has 0 aromatic heterocycles. The number of aryl methyl sites for hydroxylation is 1. The average Bonchev–Trinajstić information content (AvgIpc) is 2.37. The zero-order valence-electron chi connectivity index (χ0n) is 11.1. The third kappa shape index (κ3) is 2.38. The topological polar surface area (TPSA) is 67.6 Å². The smallest absolute Gasteiger partial charge is 0.224 e. The lowest BCUT2D eigenvalue weighted by atomic mass is 10.0. The summed E-state index contributed by atoms with van der Waals surface area (Å²) in [5.41, 5.74) is 9.94. The number of fused-ring (bicyclic) bond motifs is 1. The maximum absolute atomic E-state index is 11.4. The molecule has 0 saturated carbocycles. The highest BCUT2D eigenvalue weighted by molar-refractivity contribution is 5.95. The van der Waals surface area contributed by atoms with Crippen molar-refractivity contribution in [1.29, 1.82) is 0 Å². The molecule has 0 bridgehead atoms. The molecule has 2 aliphatic rings. The van der Waals surface area contributed by atoms with Gasteiger partial charge in [0.2, 0.25) is 5.91 Å². The molecule has 0 radical (unpaired) electrons. The summed E-state index contributed by atoms with van der Waals surface area (Å²) in [6.07, 6.45) is 1.56. The second-order valence-corrected chi connectivity index (χ2v) is 5.24. The number of carbonyl (C=O) groups is 1. The largest absolute Gasteiger partial charge is 0.397 e. The number of amides is 1. The molecule has 2 aliphatic heterocycles. The first-order valence-electron chi connectivity index (χ1n) is 6.72. The van der Waals surface area contributed by atoms with Gasteiger partial charge in [-0.25, -0.2) is 0 Å². The maximum atomic E-state index is 11.4. The van der Waals surface area contributed by atoms with Gasteiger partial charge in [0, 0.05) is 25.2 Å². The van der Waals surface area contributed by atoms with E-state index in [1.165, 1.54) is 5.56 Å². The molecular weight excluding hydrogens is 242 g/mol. The molecule has 1 fully saturated rings. The lowest BCUT2D eigenvalue weighted by molar-refractivity contribution is -0.116. The van der Waals surface area contributed by atoms with E-state index in [0.717, 1.165) is 43.2 Å². The summed E-state index contributed by atoms with van der Waals surface area (Å²) in [7, 11) is 0. The normalized spacial score (nSPS) is 22.9. The van der Waals surface area contributed by atoms with E-state index in [4.69, 9.17) is 10.5 Å². The summed E-state index contributed by atoms with van der Waals surface area (Å²) in [6, 6.07) is 3.99. The third-order valence-corrected chi connectivity index (χ3v) is 3.73. The molecule has 3 N–H and O–H groups in total. The Hall–Kier alpha value is -1.75. The fourth-order valence-corrected chi connectivity index (χ4v) is 2.74. The van der Waals surface area contributed by atoms with Crippen LogP contribution in [0.15, 0.2) is 12.1 Å². The van der Waals surface area contributed by atoms with Crippen LogP contribution in [0.3, 0.4) is 0 Å². The predicted octanol–water partition coefficient (Wildman–Crippen LogP) is 1.38. The fraction of sp³-hybridized carbons (Fsp3) is 0.500. The Morgan fingerprint density at radius 2 is 2.26 bits per heavy atom. The average molecular weight is 261 g/mol. The van der Waals surface area contributed by atoms with E-state index < -0.39 is 0 Å². The van der Waals surface area contributed by atoms with Crippen molar-refractivity contribution in [2.45, 2.75) is 25.9 Å². The Morgan fingerprint density at radius 3 is 3.05 bits per heavy atom. The number of nitrogens with zero attached hydrogens (tertiary/aromatic N) is 1. The Labute approximate surface area is 112 Å². The minimum absolute atomic E-state index is 0.0691. The number of nitrogen functional groups attached to an aromatic ring is 1. The second-order valence-electron chi connectivity index (χ2n) is 5.24. The van der Waals surface area contributed by atoms with Crippen LogP contribution in [-0.2, 0) is 16.0 Å². The van der Waals surface area contributed by atoms with Crippen LogP contribution in [-0.4, -0.2) is 31.7 Å². The first-order valence-corrected chi connectivity index (χ1v) is 6.72. The van der Waals surface area contributed by atoms with E-state index in [-0.39, 0.29) is 12.0 Å². The quantitative estimate of drug-likeness (QED) is 0.749. The van der Waals surface area contributed by atoms with Crippen LogP contribution in [0.4, 0.5) is 17.1 Å². The van der Waals surface area contributed by atoms with Crippen LogP contribution in [0.25, 0.3) is 0 Å². The highest BCUT2D eigenvalue weighted by Gasteiger charge is 2.22. The van der Waals surface area contributed by atoms with Gasteiger partial charge in [0.1, 0.15) is 0 Å². The van der Waals surface area contributed by atoms with Gasteiger partial charge in [-0.2, -0.15) is 0 Å². The number of ether oxygens (including phenoxy) is 1. The molecular formula is C14H19N3O2. The zero-order chi connectivity index (χ0) is 13.4. The molecule has 1 unspecified atom stereocenters. The van der Waals surface area contributed by atoms with Gasteiger partial charge in [-0.3, -0.25) is 4.79 Å². The lowest BCUT2D eigenvalue weighted by Gasteiger charge is -2.34. The summed E-state index contributed by atoms with van der Waals surface area (Å²) < 4.78 is 5.56. The van der Waals surface area contributed by atoms with Gasteiger partial charge >= 0.3 is 0 Å². The molecule has 19 heavy (non-hydrogen) atoms. The maximum Gasteiger partial charge on any atom is 0.224 e. The predicted molar refractivity (Wildman–Crippen MR) is 75.4 cm³/mol. The van der Waals surface area contributed by atoms with Gasteiger partial charge in [-0.05, 0) is 31.0 Å². The lowest BCUT2D eigenvalue weighted by Crippen LogP contribution is -2.41. The molecule has 3 rings (SSSR count). The molecule has 1 saturated heterocycles. The van der Waals surface area contributed by atoms with E-state index >= 15 is 0 Å². The molecule has 0 aliphatic carbocycles. The monoisotopic (exact) mass is 261 g/mol. The van der Waals surface area contributed by atoms with Crippen molar-refractivity contribution in [1.82, 2.24) is 0 Å². The second kappa shape index (κ2) is 4.74. The van der Waals surface area contributed by atoms with Crippen molar-refractivity contribution in [3.8, 4) is 0 Å². The number of nitrogens with one attached hydrogen (secondary N) is 1. The van der Waals surface area contributed by atoms with E-state index in [1.54, 1.807) is 0 Å². The van der Waals surface area contributed by atoms with Crippen molar-refractivity contribution < 1.29 is 9.53 Å². The van der Waals surface area contributed by atoms with Crippen molar-refractivity contribution in [3.63, 3.8) is 0 Å². The SMILES string of the molecule is CC1CN(c2cc3c(cc2N)NC(=O)CC3)CCO1. The number of nitrogens with two attached hydrogens (primary N) is 1. The van der Waals surface area contributed by atoms with Crippen LogP contribution in [0, 0.1) is 0 Å². The summed E-state index contributed by atoms with van der Waals surface area (Å²) in [5.74, 6) is 0.0691. The van der Waals surface area contributed by atoms with Gasteiger partial charge in [-0.15, -0.1) is 0 Å². The van der Waals surface area contributed by atoms with Crippen LogP contribution >= 0.6 is 0 Å². The Balaban J connectivity index is 1.92. The number of benzene rings is 1. The Bertz CT molecular complexity index is 516. The number of morpholine rings is 1. The highest BCUT2D eigenvalue weighted by Crippen LogP contribution is 2.33. The molecule has 1 aromatic carbocycles. The van der Waals surface area contributed by atoms with Gasteiger partial charge < -0.3 is 20.7 Å². The fourth-order valence-electron chi connectivity index (χ4n) is 2.74. The number of hydrogen-bond donors (Lipinski definition) is 2. The van der Waals surface area contributed by atoms with Gasteiger partial charge in [0.25, 0.3) is 0 Å². The molecule has 102 valence electrons. The number of carbonyl (C=O) groups excluding carboxylic acids is 1. The summed E-state index contributed by atoms with van der Waals surface area (Å²) in [4.78, 5) is 13.7. The van der Waals surface area contributed by atoms with Crippen molar-refractivity contribution in [2.24, 2.45) is 0 Å². The molecule has 5 heteroatoms. The first-order chi connectivity index (χ1) is 9.13. The third-order valence-electron chi connectivity index (χ3n) is 3.73. The van der Waals surface area contributed by atoms with Crippen LogP contribution in [0.2, 0.25) is 0 Å². The molecule has 5 nitrogen and oxygen atoms in total. The molecule has 1 amide bonds. The summed E-state index contributed by atoms with van der Waals surface area (Å²) in [5, 5.41) is 2.88. The van der Waals surface area contributed by atoms with Gasteiger partial charge in [0.05, 0.1) is 24.1 Å². The zero-order valence-corrected chi connectivity index (χ0v) is 11.1. The van der Waals surface area contributed by atoms with E-state index in [9.17, 15) is 4.79 Å². The minimum Gasteiger partial charge on any atom is -0.397 e. The number of anilines is 3. The van der Waals surface area contributed by atoms with Crippen LogP contribution in [0.5, 0.6) is 0 Å².